The van der Waals surface area contributed by atoms with Crippen LogP contribution >= 0.6 is 7.82 Å². The van der Waals surface area contributed by atoms with Crippen LogP contribution in [0, 0.1) is 5.92 Å². The first kappa shape index (κ1) is 37.6. The minimum absolute atomic E-state index is 0.0971. The Balaban J connectivity index is 1.58. The van der Waals surface area contributed by atoms with Crippen molar-refractivity contribution in [3.8, 4) is 16.9 Å². The average molecular weight is 715 g/mol. The Morgan fingerprint density at radius 2 is 1.47 bits per heavy atom. The Morgan fingerprint density at radius 3 is 2.00 bits per heavy atom. The topological polar surface area (TPSA) is 142 Å². The van der Waals surface area contributed by atoms with Gasteiger partial charge in [0.15, 0.2) is 5.78 Å². The molecule has 16 heteroatoms. The number of halogens is 6. The summed E-state index contributed by atoms with van der Waals surface area (Å²) in [5.74, 6) is -3.03. The minimum atomic E-state index is -5.14. The minimum Gasteiger partial charge on any atom is -0.404 e. The van der Waals surface area contributed by atoms with E-state index in [1.807, 2.05) is 0 Å². The summed E-state index contributed by atoms with van der Waals surface area (Å²) in [7, 11) is -4.81. The highest BCUT2D eigenvalue weighted by molar-refractivity contribution is 7.46. The van der Waals surface area contributed by atoms with Crippen LogP contribution in [0.2, 0.25) is 0 Å². The number of ketones is 1. The average Bonchev–Trinajstić information content (AvgIpc) is 3.16. The fourth-order valence-electron chi connectivity index (χ4n) is 5.91. The third kappa shape index (κ3) is 10.4. The van der Waals surface area contributed by atoms with E-state index in [1.54, 1.807) is 0 Å². The van der Waals surface area contributed by atoms with Crippen LogP contribution in [0.3, 0.4) is 0 Å². The molecule has 3 aromatic carbocycles. The first-order valence-corrected chi connectivity index (χ1v) is 16.7. The van der Waals surface area contributed by atoms with Crippen LogP contribution in [0.1, 0.15) is 54.9 Å². The number of hydrogen-bond donors (Lipinski definition) is 4. The van der Waals surface area contributed by atoms with Gasteiger partial charge in [-0.05, 0) is 60.2 Å². The number of hydrogen-bond acceptors (Lipinski definition) is 5. The first-order valence-electron chi connectivity index (χ1n) is 15.1. The van der Waals surface area contributed by atoms with Crippen LogP contribution < -0.4 is 15.2 Å². The molecule has 0 saturated heterocycles. The van der Waals surface area contributed by atoms with Crippen LogP contribution in [0.15, 0.2) is 66.7 Å². The summed E-state index contributed by atoms with van der Waals surface area (Å²) in [6.07, 6.45) is -9.60. The molecule has 0 spiro atoms. The van der Waals surface area contributed by atoms with E-state index >= 15 is 0 Å². The summed E-state index contributed by atoms with van der Waals surface area (Å²) in [6, 6.07) is 10.7. The van der Waals surface area contributed by atoms with Crippen molar-refractivity contribution < 1.29 is 59.6 Å². The van der Waals surface area contributed by atoms with E-state index < -0.39 is 78.9 Å². The molecule has 3 aromatic rings. The third-order valence-corrected chi connectivity index (χ3v) is 8.44. The van der Waals surface area contributed by atoms with Crippen LogP contribution in [0.5, 0.6) is 5.75 Å². The van der Waals surface area contributed by atoms with Gasteiger partial charge >= 0.3 is 20.2 Å². The van der Waals surface area contributed by atoms with Gasteiger partial charge in [0.1, 0.15) is 11.8 Å². The van der Waals surface area contributed by atoms with Crippen LogP contribution in [-0.2, 0) is 44.1 Å². The first-order chi connectivity index (χ1) is 22.8. The number of rotatable bonds is 10. The van der Waals surface area contributed by atoms with Crippen molar-refractivity contribution in [2.24, 2.45) is 5.92 Å². The number of Topliss-reactive ketones (excluding diaryl/α,β-unsaturated/α-hetero) is 1. The zero-order valence-electron chi connectivity index (χ0n) is 26.0. The predicted molar refractivity (Wildman–Crippen MR) is 165 cm³/mol. The Bertz CT molecular complexity index is 1670. The molecule has 1 aliphatic rings. The summed E-state index contributed by atoms with van der Waals surface area (Å²) < 4.78 is 101. The molecule has 0 aromatic heterocycles. The van der Waals surface area contributed by atoms with Crippen molar-refractivity contribution in [1.82, 2.24) is 10.6 Å². The molecule has 0 aliphatic heterocycles. The quantitative estimate of drug-likeness (QED) is 0.108. The Hall–Kier alpha value is -4.20. The molecule has 264 valence electrons. The third-order valence-electron chi connectivity index (χ3n) is 7.99. The molecule has 2 amide bonds. The van der Waals surface area contributed by atoms with Crippen molar-refractivity contribution >= 4 is 25.4 Å². The molecule has 1 fully saturated rings. The Labute approximate surface area is 277 Å². The van der Waals surface area contributed by atoms with Crippen molar-refractivity contribution in [2.45, 2.75) is 69.9 Å². The second kappa shape index (κ2) is 15.1. The largest absolute Gasteiger partial charge is 0.524 e. The number of amides is 2. The van der Waals surface area contributed by atoms with Crippen molar-refractivity contribution in [3.63, 3.8) is 0 Å². The van der Waals surface area contributed by atoms with Gasteiger partial charge in [0.25, 0.3) is 0 Å². The van der Waals surface area contributed by atoms with E-state index in [1.165, 1.54) is 42.5 Å². The molecule has 4 N–H and O–H groups in total. The lowest BCUT2D eigenvalue weighted by molar-refractivity contribution is -0.142. The fourth-order valence-corrected chi connectivity index (χ4v) is 6.30. The van der Waals surface area contributed by atoms with Gasteiger partial charge in [0.2, 0.25) is 11.8 Å². The smallest absolute Gasteiger partial charge is 0.404 e. The van der Waals surface area contributed by atoms with Gasteiger partial charge in [-0.25, -0.2) is 4.57 Å². The number of benzene rings is 3. The normalized spacial score (nSPS) is 17.9. The van der Waals surface area contributed by atoms with E-state index in [0.29, 0.717) is 30.5 Å². The van der Waals surface area contributed by atoms with Gasteiger partial charge < -0.3 is 15.2 Å². The number of carbonyl (C=O) groups excluding carboxylic acids is 3. The maximum absolute atomic E-state index is 14.3. The van der Waals surface area contributed by atoms with Gasteiger partial charge in [-0.1, -0.05) is 55.3 Å². The molecule has 0 bridgehead atoms. The second-order valence-corrected chi connectivity index (χ2v) is 12.9. The van der Waals surface area contributed by atoms with Gasteiger partial charge in [0, 0.05) is 24.8 Å². The predicted octanol–water partition coefficient (Wildman–Crippen LogP) is 6.40. The van der Waals surface area contributed by atoms with Gasteiger partial charge in [0.05, 0.1) is 17.2 Å². The molecule has 4 rings (SSSR count). The van der Waals surface area contributed by atoms with Crippen molar-refractivity contribution in [1.29, 1.82) is 0 Å². The van der Waals surface area contributed by atoms with Gasteiger partial charge in [-0.15, -0.1) is 0 Å². The summed E-state index contributed by atoms with van der Waals surface area (Å²) in [6.45, 7) is 1.16. The number of phosphoric acid groups is 1. The highest BCUT2D eigenvalue weighted by Gasteiger charge is 2.42. The molecule has 3 atom stereocenters. The van der Waals surface area contributed by atoms with Crippen molar-refractivity contribution in [2.75, 3.05) is 0 Å². The number of nitrogens with one attached hydrogen (secondary N) is 2. The van der Waals surface area contributed by atoms with E-state index in [-0.39, 0.29) is 36.1 Å². The molecule has 1 saturated carbocycles. The maximum atomic E-state index is 14.3. The Kier molecular flexibility index (Phi) is 11.6. The van der Waals surface area contributed by atoms with Crippen LogP contribution in [0.25, 0.3) is 11.1 Å². The highest BCUT2D eigenvalue weighted by atomic mass is 31.2. The molecule has 9 nitrogen and oxygen atoms in total. The molecular weight excluding hydrogens is 681 g/mol. The second-order valence-electron chi connectivity index (χ2n) is 11.8. The summed E-state index contributed by atoms with van der Waals surface area (Å²) >= 11 is 0. The molecule has 0 heterocycles. The fraction of sp³-hybridized carbons (Fsp3) is 0.364. The number of alkyl halides is 6. The van der Waals surface area contributed by atoms with Crippen LogP contribution in [-0.4, -0.2) is 39.5 Å². The van der Waals surface area contributed by atoms with Crippen LogP contribution in [0.4, 0.5) is 26.3 Å². The zero-order chi connectivity index (χ0) is 36.1. The molecule has 0 radical (unpaired) electrons. The lowest BCUT2D eigenvalue weighted by Gasteiger charge is -2.25. The SMILES string of the molecule is CC(=O)NC(Cc1ccc(OP(=O)(O)O)cc1)C(=O)NC1CCCCC(Cc2cc(C(F)(F)F)c(-c3ccccc3)c(C(F)(F)F)c2)C1=O. The standard InChI is InChI=1S/C33H33F6N2O7P/c1-19(42)40-28(18-20-11-13-24(14-12-20)48-49(45,46)47)31(44)41-27-10-6-5-9-23(30(27)43)15-21-16-25(32(34,35)36)29(22-7-3-2-4-8-22)26(17-21)33(37,38)39/h2-4,7-8,11-14,16-17,23,27-28H,5-6,9-10,15,18H2,1H3,(H,40,42)(H,41,44)(H2,45,46,47). The molecule has 49 heavy (non-hydrogen) atoms. The molecule has 3 unspecified atom stereocenters. The Morgan fingerprint density at radius 1 is 0.898 bits per heavy atom. The lowest BCUT2D eigenvalue weighted by Crippen LogP contribution is -2.52. The van der Waals surface area contributed by atoms with Crippen molar-refractivity contribution in [3.05, 3.63) is 89.0 Å². The summed E-state index contributed by atoms with van der Waals surface area (Å²) in [4.78, 5) is 56.9. The lowest BCUT2D eigenvalue weighted by atomic mass is 9.85. The summed E-state index contributed by atoms with van der Waals surface area (Å²) in [5, 5.41) is 5.08. The van der Waals surface area contributed by atoms with E-state index in [9.17, 15) is 45.3 Å². The number of phosphoric ester groups is 1. The molecular formula is C33H33F6N2O7P. The monoisotopic (exact) mass is 714 g/mol. The number of carbonyl (C=O) groups is 3. The van der Waals surface area contributed by atoms with Gasteiger partial charge in [-0.3, -0.25) is 24.2 Å². The summed E-state index contributed by atoms with van der Waals surface area (Å²) in [5.41, 5.74) is -4.09. The maximum Gasteiger partial charge on any atom is 0.524 e. The zero-order valence-corrected chi connectivity index (χ0v) is 26.9. The highest BCUT2D eigenvalue weighted by Crippen LogP contribution is 2.46. The van der Waals surface area contributed by atoms with E-state index in [4.69, 9.17) is 9.79 Å². The van der Waals surface area contributed by atoms with E-state index in [2.05, 4.69) is 15.2 Å². The van der Waals surface area contributed by atoms with E-state index in [0.717, 1.165) is 19.1 Å². The molecule has 1 aliphatic carbocycles. The van der Waals surface area contributed by atoms with Gasteiger partial charge in [-0.2, -0.15) is 26.3 Å².